The minimum atomic E-state index is -4.40. The minimum absolute atomic E-state index is 0.129. The third-order valence-electron chi connectivity index (χ3n) is 6.84. The van der Waals surface area contributed by atoms with Crippen molar-refractivity contribution in [1.29, 1.82) is 0 Å². The largest absolute Gasteiger partial charge is 0.444 e. The summed E-state index contributed by atoms with van der Waals surface area (Å²) in [6, 6.07) is 5.56. The molecule has 1 aliphatic heterocycles. The van der Waals surface area contributed by atoms with E-state index in [1.807, 2.05) is 36.7 Å². The molecule has 0 aliphatic carbocycles. The monoisotopic (exact) mass is 599 g/mol. The standard InChI is InChI=1S/C29H36F3N9O2/c1-18(2)41-26-19(12-35-41)8-9-24(38-26)37-25-11-23(22(14-33-25)20-13-34-40(15-20)17-29(30,31)32)39-10-6-7-21(16-39)36-27(42)43-28(3,4)5/h8-9,11-15,18,21H,6-7,10,16-17H2,1-5H3,(H,36,42)(H,33,37,38)/t21-/m0/s1. The lowest BCUT2D eigenvalue weighted by Gasteiger charge is -2.36. The van der Waals surface area contributed by atoms with E-state index in [1.54, 1.807) is 33.2 Å². The fourth-order valence-corrected chi connectivity index (χ4v) is 5.06. The van der Waals surface area contributed by atoms with Crippen LogP contribution in [0, 0.1) is 0 Å². The van der Waals surface area contributed by atoms with Crippen LogP contribution in [0.2, 0.25) is 0 Å². The van der Waals surface area contributed by atoms with E-state index in [0.29, 0.717) is 35.9 Å². The number of hydrogen-bond acceptors (Lipinski definition) is 8. The minimum Gasteiger partial charge on any atom is -0.444 e. The second-order valence-electron chi connectivity index (χ2n) is 12.0. The number of pyridine rings is 2. The second-order valence-corrected chi connectivity index (χ2v) is 12.0. The maximum atomic E-state index is 13.0. The zero-order chi connectivity index (χ0) is 30.9. The Morgan fingerprint density at radius 1 is 1.12 bits per heavy atom. The summed E-state index contributed by atoms with van der Waals surface area (Å²) in [5.74, 6) is 1.08. The van der Waals surface area contributed by atoms with Gasteiger partial charge >= 0.3 is 12.3 Å². The molecule has 14 heteroatoms. The number of aromatic nitrogens is 6. The number of alkyl halides is 3. The Balaban J connectivity index is 1.46. The van der Waals surface area contributed by atoms with Gasteiger partial charge < -0.3 is 20.3 Å². The highest BCUT2D eigenvalue weighted by Gasteiger charge is 2.29. The van der Waals surface area contributed by atoms with E-state index in [9.17, 15) is 18.0 Å². The molecule has 0 saturated carbocycles. The smallest absolute Gasteiger partial charge is 0.408 e. The summed E-state index contributed by atoms with van der Waals surface area (Å²) in [6.45, 7) is 9.44. The number of carbonyl (C=O) groups excluding carboxylic acids is 1. The average Bonchev–Trinajstić information content (AvgIpc) is 3.53. The Morgan fingerprint density at radius 3 is 2.63 bits per heavy atom. The number of halogens is 3. The molecule has 2 N–H and O–H groups in total. The predicted octanol–water partition coefficient (Wildman–Crippen LogP) is 6.07. The molecule has 0 radical (unpaired) electrons. The van der Waals surface area contributed by atoms with Gasteiger partial charge in [-0.05, 0) is 59.6 Å². The van der Waals surface area contributed by atoms with Crippen molar-refractivity contribution in [2.24, 2.45) is 0 Å². The first-order chi connectivity index (χ1) is 20.2. The van der Waals surface area contributed by atoms with Crippen molar-refractivity contribution >= 4 is 34.4 Å². The second kappa shape index (κ2) is 11.7. The molecule has 4 aromatic heterocycles. The SMILES string of the molecule is CC(C)n1ncc2ccc(Nc3cc(N4CCC[C@H](NC(=O)OC(C)(C)C)C4)c(-c4cnn(CC(F)(F)F)c4)cn3)nc21. The predicted molar refractivity (Wildman–Crippen MR) is 157 cm³/mol. The molecule has 11 nitrogen and oxygen atoms in total. The molecule has 230 valence electrons. The number of anilines is 3. The third kappa shape index (κ3) is 7.54. The summed E-state index contributed by atoms with van der Waals surface area (Å²) in [6.07, 6.45) is 2.82. The molecule has 5 rings (SSSR count). The van der Waals surface area contributed by atoms with Gasteiger partial charge in [-0.3, -0.25) is 4.68 Å². The lowest BCUT2D eigenvalue weighted by molar-refractivity contribution is -0.142. The van der Waals surface area contributed by atoms with Gasteiger partial charge in [0.25, 0.3) is 0 Å². The number of amides is 1. The molecule has 0 bridgehead atoms. The molecule has 1 amide bonds. The number of nitrogens with zero attached hydrogens (tertiary/aromatic N) is 7. The molecular formula is C29H36F3N9O2. The van der Waals surface area contributed by atoms with Crippen molar-refractivity contribution < 1.29 is 22.7 Å². The Hall–Kier alpha value is -4.36. The van der Waals surface area contributed by atoms with E-state index < -0.39 is 24.4 Å². The van der Waals surface area contributed by atoms with Gasteiger partial charge in [0.1, 0.15) is 23.8 Å². The lowest BCUT2D eigenvalue weighted by Crippen LogP contribution is -2.49. The molecule has 5 heterocycles. The summed E-state index contributed by atoms with van der Waals surface area (Å²) >= 11 is 0. The van der Waals surface area contributed by atoms with E-state index >= 15 is 0 Å². The van der Waals surface area contributed by atoms with E-state index in [0.717, 1.165) is 34.2 Å². The Bertz CT molecular complexity index is 1590. The zero-order valence-electron chi connectivity index (χ0n) is 24.8. The van der Waals surface area contributed by atoms with Gasteiger partial charge in [-0.1, -0.05) is 0 Å². The molecule has 43 heavy (non-hydrogen) atoms. The highest BCUT2D eigenvalue weighted by Crippen LogP contribution is 2.35. The van der Waals surface area contributed by atoms with E-state index in [1.165, 1.54) is 12.4 Å². The van der Waals surface area contributed by atoms with Gasteiger partial charge in [-0.2, -0.15) is 23.4 Å². The number of ether oxygens (including phenoxy) is 1. The normalized spacial score (nSPS) is 16.1. The van der Waals surface area contributed by atoms with Gasteiger partial charge in [-0.15, -0.1) is 0 Å². The van der Waals surface area contributed by atoms with Crippen LogP contribution in [-0.2, 0) is 11.3 Å². The first kappa shape index (κ1) is 30.1. The quantitative estimate of drug-likeness (QED) is 0.263. The van der Waals surface area contributed by atoms with Gasteiger partial charge in [0.15, 0.2) is 5.65 Å². The summed E-state index contributed by atoms with van der Waals surface area (Å²) in [5.41, 5.74) is 1.98. The molecule has 1 atom stereocenters. The summed E-state index contributed by atoms with van der Waals surface area (Å²) < 4.78 is 47.3. The Kier molecular flexibility index (Phi) is 8.21. The van der Waals surface area contributed by atoms with Crippen LogP contribution in [0.25, 0.3) is 22.2 Å². The Labute approximate surface area is 247 Å². The topological polar surface area (TPSA) is 115 Å². The summed E-state index contributed by atoms with van der Waals surface area (Å²) in [5, 5.41) is 15.5. The fraction of sp³-hybridized carbons (Fsp3) is 0.483. The van der Waals surface area contributed by atoms with Crippen LogP contribution in [0.3, 0.4) is 0 Å². The van der Waals surface area contributed by atoms with E-state index in [2.05, 4.69) is 30.7 Å². The zero-order valence-corrected chi connectivity index (χ0v) is 24.8. The number of alkyl carbamates (subject to hydrolysis) is 1. The highest BCUT2D eigenvalue weighted by molar-refractivity contribution is 5.81. The molecule has 4 aromatic rings. The molecule has 1 aliphatic rings. The lowest BCUT2D eigenvalue weighted by atomic mass is 10.0. The van der Waals surface area contributed by atoms with E-state index in [4.69, 9.17) is 9.72 Å². The first-order valence-electron chi connectivity index (χ1n) is 14.2. The van der Waals surface area contributed by atoms with Crippen molar-refractivity contribution in [2.75, 3.05) is 23.3 Å². The van der Waals surface area contributed by atoms with Crippen LogP contribution in [0.4, 0.5) is 35.3 Å². The van der Waals surface area contributed by atoms with Gasteiger partial charge in [0.2, 0.25) is 0 Å². The molecule has 0 unspecified atom stereocenters. The van der Waals surface area contributed by atoms with E-state index in [-0.39, 0.29) is 12.1 Å². The number of piperidine rings is 1. The number of nitrogens with one attached hydrogen (secondary N) is 2. The molecule has 1 fully saturated rings. The van der Waals surface area contributed by atoms with Gasteiger partial charge in [-0.25, -0.2) is 19.4 Å². The van der Waals surface area contributed by atoms with Crippen LogP contribution in [0.1, 0.15) is 53.5 Å². The average molecular weight is 600 g/mol. The van der Waals surface area contributed by atoms with Gasteiger partial charge in [0.05, 0.1) is 18.1 Å². The molecule has 1 saturated heterocycles. The van der Waals surface area contributed by atoms with Crippen LogP contribution >= 0.6 is 0 Å². The number of fused-ring (bicyclic) bond motifs is 1. The van der Waals surface area contributed by atoms with Crippen molar-refractivity contribution in [3.63, 3.8) is 0 Å². The van der Waals surface area contributed by atoms with Crippen LogP contribution in [0.5, 0.6) is 0 Å². The maximum absolute atomic E-state index is 13.0. The third-order valence-corrected chi connectivity index (χ3v) is 6.84. The molecule has 0 spiro atoms. The Morgan fingerprint density at radius 2 is 1.91 bits per heavy atom. The van der Waals surface area contributed by atoms with Crippen molar-refractivity contribution in [1.82, 2.24) is 34.8 Å². The number of carbonyl (C=O) groups is 1. The number of rotatable bonds is 7. The van der Waals surface area contributed by atoms with Crippen LogP contribution < -0.4 is 15.5 Å². The van der Waals surface area contributed by atoms with Crippen LogP contribution in [-0.4, -0.2) is 66.5 Å². The van der Waals surface area contributed by atoms with Crippen molar-refractivity contribution in [3.8, 4) is 11.1 Å². The van der Waals surface area contributed by atoms with Crippen LogP contribution in [0.15, 0.2) is 43.0 Å². The molecule has 0 aromatic carbocycles. The van der Waals surface area contributed by atoms with Crippen molar-refractivity contribution in [3.05, 3.63) is 43.0 Å². The number of hydrogen-bond donors (Lipinski definition) is 2. The summed E-state index contributed by atoms with van der Waals surface area (Å²) in [4.78, 5) is 23.9. The molecular weight excluding hydrogens is 563 g/mol. The van der Waals surface area contributed by atoms with Crippen molar-refractivity contribution in [2.45, 2.75) is 77.9 Å². The maximum Gasteiger partial charge on any atom is 0.408 e. The summed E-state index contributed by atoms with van der Waals surface area (Å²) in [7, 11) is 0. The first-order valence-corrected chi connectivity index (χ1v) is 14.2. The highest BCUT2D eigenvalue weighted by atomic mass is 19.4. The van der Waals surface area contributed by atoms with Gasteiger partial charge in [0, 0.05) is 60.1 Å². The fourth-order valence-electron chi connectivity index (χ4n) is 5.06.